The number of amides is 2. The third-order valence-electron chi connectivity index (χ3n) is 4.25. The number of benzene rings is 1. The van der Waals surface area contributed by atoms with Gasteiger partial charge in [0.25, 0.3) is 5.91 Å². The fraction of sp³-hybridized carbons (Fsp3) is 0.200. The molecule has 2 aliphatic rings. The summed E-state index contributed by atoms with van der Waals surface area (Å²) in [5, 5.41) is 7.84. The maximum absolute atomic E-state index is 12.3. The zero-order valence-electron chi connectivity index (χ0n) is 13.6. The molecule has 1 aliphatic heterocycles. The highest BCUT2D eigenvalue weighted by molar-refractivity contribution is 7.11. The zero-order chi connectivity index (χ0) is 17.2. The fourth-order valence-electron chi connectivity index (χ4n) is 2.75. The van der Waals surface area contributed by atoms with Crippen LogP contribution >= 0.6 is 11.3 Å². The first-order chi connectivity index (χ1) is 12.2. The number of nitrogens with one attached hydrogen (secondary N) is 2. The van der Waals surface area contributed by atoms with Gasteiger partial charge in [0.2, 0.25) is 5.91 Å². The van der Waals surface area contributed by atoms with Gasteiger partial charge in [0.05, 0.1) is 0 Å². The molecule has 1 aromatic heterocycles. The summed E-state index contributed by atoms with van der Waals surface area (Å²) in [4.78, 5) is 24.9. The van der Waals surface area contributed by atoms with Gasteiger partial charge in [-0.15, -0.1) is 11.3 Å². The van der Waals surface area contributed by atoms with Crippen molar-refractivity contribution >= 4 is 41.0 Å². The summed E-state index contributed by atoms with van der Waals surface area (Å²) in [6.45, 7) is 0. The molecule has 4 nitrogen and oxygen atoms in total. The van der Waals surface area contributed by atoms with Gasteiger partial charge < -0.3 is 10.6 Å². The van der Waals surface area contributed by atoms with E-state index in [9.17, 15) is 9.59 Å². The van der Waals surface area contributed by atoms with Crippen LogP contribution in [-0.2, 0) is 16.0 Å². The van der Waals surface area contributed by atoms with Crippen LogP contribution in [0.5, 0.6) is 0 Å². The van der Waals surface area contributed by atoms with Crippen molar-refractivity contribution in [3.63, 3.8) is 0 Å². The second-order valence-corrected chi connectivity index (χ2v) is 7.30. The molecule has 2 heterocycles. The molecule has 0 unspecified atom stereocenters. The number of anilines is 1. The van der Waals surface area contributed by atoms with Gasteiger partial charge in [-0.25, -0.2) is 0 Å². The van der Waals surface area contributed by atoms with E-state index in [0.29, 0.717) is 12.5 Å². The number of para-hydroxylation sites is 1. The molecular weight excluding hydrogens is 332 g/mol. The first-order valence-corrected chi connectivity index (χ1v) is 9.22. The van der Waals surface area contributed by atoms with Gasteiger partial charge in [-0.1, -0.05) is 18.2 Å². The molecule has 0 atom stereocenters. The molecule has 126 valence electrons. The Kier molecular flexibility index (Phi) is 4.24. The average molecular weight is 350 g/mol. The minimum absolute atomic E-state index is 0.0446. The molecule has 1 saturated carbocycles. The molecule has 2 aromatic rings. The van der Waals surface area contributed by atoms with Crippen molar-refractivity contribution in [2.24, 2.45) is 0 Å². The Bertz CT molecular complexity index is 891. The first kappa shape index (κ1) is 15.8. The van der Waals surface area contributed by atoms with Crippen molar-refractivity contribution < 1.29 is 9.59 Å². The van der Waals surface area contributed by atoms with Crippen molar-refractivity contribution in [2.45, 2.75) is 25.3 Å². The summed E-state index contributed by atoms with van der Waals surface area (Å²) in [5.74, 6) is -0.0927. The lowest BCUT2D eigenvalue weighted by atomic mass is 9.98. The number of fused-ring (bicyclic) bond motifs is 1. The van der Waals surface area contributed by atoms with Crippen molar-refractivity contribution in [3.05, 3.63) is 63.4 Å². The highest BCUT2D eigenvalue weighted by Gasteiger charge is 2.22. The van der Waals surface area contributed by atoms with Crippen LogP contribution in [0.4, 0.5) is 5.69 Å². The second kappa shape index (κ2) is 6.69. The van der Waals surface area contributed by atoms with Crippen LogP contribution in [0.15, 0.2) is 47.4 Å². The van der Waals surface area contributed by atoms with Crippen LogP contribution in [0.25, 0.3) is 12.2 Å². The molecule has 0 spiro atoms. The van der Waals surface area contributed by atoms with Gasteiger partial charge in [-0.2, -0.15) is 0 Å². The Hall–Kier alpha value is -2.66. The van der Waals surface area contributed by atoms with E-state index >= 15 is 0 Å². The standard InChI is InChI=1S/C20H18N2O2S/c23-19(21-16-6-7-16)8-5-13-9-17(25-12-13)11-15-10-14-3-1-2-4-18(14)22-20(15)24/h1-5,8-9,11-12,16H,6-7,10H2,(H,21,23)(H,22,24)/b8-5+,15-11+. The topological polar surface area (TPSA) is 58.2 Å². The van der Waals surface area contributed by atoms with E-state index in [-0.39, 0.29) is 11.8 Å². The van der Waals surface area contributed by atoms with Crippen molar-refractivity contribution in [3.8, 4) is 0 Å². The van der Waals surface area contributed by atoms with E-state index < -0.39 is 0 Å². The lowest BCUT2D eigenvalue weighted by Crippen LogP contribution is -2.22. The third-order valence-corrected chi connectivity index (χ3v) is 5.14. The molecule has 2 amide bonds. The zero-order valence-corrected chi connectivity index (χ0v) is 14.4. The molecule has 1 aromatic carbocycles. The highest BCUT2D eigenvalue weighted by Crippen LogP contribution is 2.27. The van der Waals surface area contributed by atoms with Gasteiger partial charge in [-0.3, -0.25) is 9.59 Å². The van der Waals surface area contributed by atoms with Crippen LogP contribution in [0.2, 0.25) is 0 Å². The quantitative estimate of drug-likeness (QED) is 0.828. The van der Waals surface area contributed by atoms with E-state index in [1.54, 1.807) is 17.4 Å². The molecule has 1 aliphatic carbocycles. The molecule has 0 saturated heterocycles. The summed E-state index contributed by atoms with van der Waals surface area (Å²) in [5.41, 5.74) is 3.74. The number of thiophene rings is 1. The average Bonchev–Trinajstić information content (AvgIpc) is 3.30. The smallest absolute Gasteiger partial charge is 0.251 e. The largest absolute Gasteiger partial charge is 0.350 e. The molecule has 1 fully saturated rings. The minimum atomic E-state index is -0.0481. The van der Waals surface area contributed by atoms with Crippen LogP contribution in [0.3, 0.4) is 0 Å². The van der Waals surface area contributed by atoms with Gasteiger partial charge in [0, 0.05) is 34.7 Å². The summed E-state index contributed by atoms with van der Waals surface area (Å²) in [6, 6.07) is 10.2. The third kappa shape index (κ3) is 3.88. The first-order valence-electron chi connectivity index (χ1n) is 8.34. The van der Waals surface area contributed by atoms with E-state index in [2.05, 4.69) is 10.6 Å². The van der Waals surface area contributed by atoms with Gasteiger partial charge in [0.15, 0.2) is 0 Å². The molecule has 0 bridgehead atoms. The van der Waals surface area contributed by atoms with Crippen molar-refractivity contribution in [1.82, 2.24) is 5.32 Å². The predicted molar refractivity (Wildman–Crippen MR) is 101 cm³/mol. The second-order valence-electron chi connectivity index (χ2n) is 6.36. The molecular formula is C20H18N2O2S. The Labute approximate surface area is 150 Å². The molecule has 0 radical (unpaired) electrons. The molecule has 4 rings (SSSR count). The predicted octanol–water partition coefficient (Wildman–Crippen LogP) is 3.62. The molecule has 5 heteroatoms. The summed E-state index contributed by atoms with van der Waals surface area (Å²) >= 11 is 1.57. The number of hydrogen-bond donors (Lipinski definition) is 2. The number of carbonyl (C=O) groups excluding carboxylic acids is 2. The van der Waals surface area contributed by atoms with Gasteiger partial charge >= 0.3 is 0 Å². The van der Waals surface area contributed by atoms with E-state index in [1.165, 1.54) is 0 Å². The van der Waals surface area contributed by atoms with E-state index in [0.717, 1.165) is 40.1 Å². The SMILES string of the molecule is O=C(/C=C/c1csc(/C=C2\Cc3ccccc3NC2=O)c1)NC1CC1. The van der Waals surface area contributed by atoms with Crippen molar-refractivity contribution in [2.75, 3.05) is 5.32 Å². The van der Waals surface area contributed by atoms with Gasteiger partial charge in [0.1, 0.15) is 0 Å². The Morgan fingerprint density at radius 3 is 2.96 bits per heavy atom. The van der Waals surface area contributed by atoms with Crippen LogP contribution in [-0.4, -0.2) is 17.9 Å². The van der Waals surface area contributed by atoms with Crippen molar-refractivity contribution in [1.29, 1.82) is 0 Å². The normalized spacial score (nSPS) is 18.2. The summed E-state index contributed by atoms with van der Waals surface area (Å²) in [7, 11) is 0. The monoisotopic (exact) mass is 350 g/mol. The minimum Gasteiger partial charge on any atom is -0.350 e. The summed E-state index contributed by atoms with van der Waals surface area (Å²) in [6.07, 6.45) is 8.11. The fourth-order valence-corrected chi connectivity index (χ4v) is 3.59. The number of hydrogen-bond acceptors (Lipinski definition) is 3. The van der Waals surface area contributed by atoms with E-state index in [1.807, 2.05) is 47.9 Å². The van der Waals surface area contributed by atoms with Crippen LogP contribution in [0.1, 0.15) is 28.8 Å². The maximum Gasteiger partial charge on any atom is 0.251 e. The number of rotatable bonds is 4. The van der Waals surface area contributed by atoms with Crippen LogP contribution < -0.4 is 10.6 Å². The highest BCUT2D eigenvalue weighted by atomic mass is 32.1. The Balaban J connectivity index is 1.46. The van der Waals surface area contributed by atoms with Gasteiger partial charge in [-0.05, 0) is 53.6 Å². The number of carbonyl (C=O) groups is 2. The van der Waals surface area contributed by atoms with Crippen LogP contribution in [0, 0.1) is 0 Å². The lowest BCUT2D eigenvalue weighted by Gasteiger charge is -2.18. The Morgan fingerprint density at radius 2 is 2.12 bits per heavy atom. The lowest BCUT2D eigenvalue weighted by molar-refractivity contribution is -0.116. The molecule has 2 N–H and O–H groups in total. The summed E-state index contributed by atoms with van der Waals surface area (Å²) < 4.78 is 0. The maximum atomic E-state index is 12.3. The molecule has 25 heavy (non-hydrogen) atoms. The van der Waals surface area contributed by atoms with E-state index in [4.69, 9.17) is 0 Å². The Morgan fingerprint density at radius 1 is 1.28 bits per heavy atom.